The molecule has 1 saturated heterocycles. The van der Waals surface area contributed by atoms with Crippen molar-refractivity contribution in [2.45, 2.75) is 50.1 Å². The van der Waals surface area contributed by atoms with E-state index in [1.54, 1.807) is 13.3 Å². The number of carbonyl (C=O) groups excluding carboxylic acids is 1. The van der Waals surface area contributed by atoms with Gasteiger partial charge in [-0.1, -0.05) is 24.3 Å². The molecule has 41 heavy (non-hydrogen) atoms. The van der Waals surface area contributed by atoms with E-state index in [0.717, 1.165) is 62.0 Å². The fraction of sp³-hybridized carbons (Fsp3) is 0.387. The highest BCUT2D eigenvalue weighted by molar-refractivity contribution is 5.85. The third-order valence-corrected chi connectivity index (χ3v) is 8.40. The number of aryl methyl sites for hydroxylation is 1. The van der Waals surface area contributed by atoms with Gasteiger partial charge in [0, 0.05) is 43.5 Å². The first-order valence-electron chi connectivity index (χ1n) is 13.9. The SMILES string of the molecule is COc1ccc2c(c1)CCC(NC(=O)CN1CCC(n3c(=O)[nH]c4ccccc43)CC1)C2Cc1cccnc1.Cl.Cl. The number of piperidine rings is 1. The van der Waals surface area contributed by atoms with Crippen LogP contribution in [0.4, 0.5) is 0 Å². The Labute approximate surface area is 252 Å². The highest BCUT2D eigenvalue weighted by Crippen LogP contribution is 2.36. The van der Waals surface area contributed by atoms with Gasteiger partial charge >= 0.3 is 5.69 Å². The zero-order valence-electron chi connectivity index (χ0n) is 23.1. The standard InChI is InChI=1S/C31H35N5O3.2ClH/c1-39-24-9-10-25-22(18-24)8-11-27(26(25)17-21-5-4-14-32-19-21)33-30(37)20-35-15-12-23(13-16-35)36-29-7-3-2-6-28(29)34-31(36)38;;/h2-7,9-10,14,18-19,23,26-27H,8,11-13,15-17,20H2,1H3,(H,33,37)(H,34,38);2*1H. The summed E-state index contributed by atoms with van der Waals surface area (Å²) in [6.07, 6.45) is 8.02. The van der Waals surface area contributed by atoms with Crippen molar-refractivity contribution in [3.05, 3.63) is 94.2 Å². The summed E-state index contributed by atoms with van der Waals surface area (Å²) in [5, 5.41) is 3.39. The number of carbonyl (C=O) groups is 1. The molecule has 0 bridgehead atoms. The van der Waals surface area contributed by atoms with Gasteiger partial charge in [-0.2, -0.15) is 0 Å². The summed E-state index contributed by atoms with van der Waals surface area (Å²) in [5.41, 5.74) is 5.51. The van der Waals surface area contributed by atoms with E-state index < -0.39 is 0 Å². The molecule has 1 aliphatic heterocycles. The number of methoxy groups -OCH3 is 1. The van der Waals surface area contributed by atoms with Crippen molar-refractivity contribution < 1.29 is 9.53 Å². The number of aromatic amines is 1. The first-order chi connectivity index (χ1) is 19.1. The van der Waals surface area contributed by atoms with Crippen LogP contribution in [-0.4, -0.2) is 58.1 Å². The van der Waals surface area contributed by atoms with Gasteiger partial charge in [0.25, 0.3) is 0 Å². The second kappa shape index (κ2) is 13.6. The van der Waals surface area contributed by atoms with Crippen molar-refractivity contribution in [2.24, 2.45) is 0 Å². The summed E-state index contributed by atoms with van der Waals surface area (Å²) in [5.74, 6) is 1.11. The number of nitrogens with one attached hydrogen (secondary N) is 2. The van der Waals surface area contributed by atoms with Crippen molar-refractivity contribution in [2.75, 3.05) is 26.7 Å². The van der Waals surface area contributed by atoms with Gasteiger partial charge < -0.3 is 15.0 Å². The Kier molecular flexibility index (Phi) is 10.1. The fourth-order valence-corrected chi connectivity index (χ4v) is 6.44. The molecule has 1 aliphatic carbocycles. The molecular formula is C31H37Cl2N5O3. The Morgan fingerprint density at radius 2 is 1.88 bits per heavy atom. The van der Waals surface area contributed by atoms with Gasteiger partial charge in [0.2, 0.25) is 5.91 Å². The van der Waals surface area contributed by atoms with Crippen molar-refractivity contribution >= 4 is 41.8 Å². The molecule has 2 aromatic carbocycles. The summed E-state index contributed by atoms with van der Waals surface area (Å²) >= 11 is 0. The van der Waals surface area contributed by atoms with Crippen LogP contribution >= 0.6 is 24.8 Å². The number of aromatic nitrogens is 3. The Hall–Kier alpha value is -3.33. The molecular weight excluding hydrogens is 561 g/mol. The molecule has 2 N–H and O–H groups in total. The van der Waals surface area contributed by atoms with Gasteiger partial charge in [-0.3, -0.25) is 19.2 Å². The lowest BCUT2D eigenvalue weighted by molar-refractivity contribution is -0.123. The van der Waals surface area contributed by atoms with Crippen molar-refractivity contribution in [1.82, 2.24) is 24.8 Å². The summed E-state index contributed by atoms with van der Waals surface area (Å²) in [6.45, 7) is 1.95. The Balaban J connectivity index is 0.00000194. The number of H-pyrrole nitrogens is 1. The second-order valence-electron chi connectivity index (χ2n) is 10.8. The summed E-state index contributed by atoms with van der Waals surface area (Å²) in [4.78, 5) is 35.4. The molecule has 8 nitrogen and oxygen atoms in total. The number of amides is 1. The number of likely N-dealkylation sites (tertiary alicyclic amines) is 1. The van der Waals surface area contributed by atoms with E-state index in [1.165, 1.54) is 16.7 Å². The lowest BCUT2D eigenvalue weighted by Crippen LogP contribution is -2.48. The number of halogens is 2. The third-order valence-electron chi connectivity index (χ3n) is 8.40. The minimum Gasteiger partial charge on any atom is -0.497 e. The van der Waals surface area contributed by atoms with E-state index >= 15 is 0 Å². The van der Waals surface area contributed by atoms with E-state index in [1.807, 2.05) is 47.2 Å². The van der Waals surface area contributed by atoms with Crippen LogP contribution in [0.3, 0.4) is 0 Å². The first kappa shape index (κ1) is 30.6. The molecule has 4 aromatic rings. The molecule has 2 aromatic heterocycles. The molecule has 1 fully saturated rings. The van der Waals surface area contributed by atoms with Gasteiger partial charge in [0.1, 0.15) is 5.75 Å². The summed E-state index contributed by atoms with van der Waals surface area (Å²) < 4.78 is 7.36. The average molecular weight is 599 g/mol. The lowest BCUT2D eigenvalue weighted by Gasteiger charge is -2.36. The molecule has 2 aliphatic rings. The van der Waals surface area contributed by atoms with E-state index in [0.29, 0.717) is 6.54 Å². The van der Waals surface area contributed by atoms with Gasteiger partial charge in [0.05, 0.1) is 24.7 Å². The van der Waals surface area contributed by atoms with Crippen molar-refractivity contribution in [1.29, 1.82) is 0 Å². The topological polar surface area (TPSA) is 92.2 Å². The number of pyridine rings is 1. The minimum atomic E-state index is -0.0535. The normalized spacial score (nSPS) is 19.0. The molecule has 2 unspecified atom stereocenters. The third kappa shape index (κ3) is 6.61. The molecule has 0 saturated carbocycles. The maximum Gasteiger partial charge on any atom is 0.326 e. The van der Waals surface area contributed by atoms with Crippen LogP contribution in [0.1, 0.15) is 47.9 Å². The second-order valence-corrected chi connectivity index (χ2v) is 10.8. The van der Waals surface area contributed by atoms with Crippen molar-refractivity contribution in [3.63, 3.8) is 0 Å². The van der Waals surface area contributed by atoms with Crippen LogP contribution in [0, 0.1) is 0 Å². The molecule has 0 radical (unpaired) electrons. The molecule has 218 valence electrons. The van der Waals surface area contributed by atoms with Gasteiger partial charge in [-0.05, 0) is 79.1 Å². The molecule has 0 spiro atoms. The number of hydrogen-bond acceptors (Lipinski definition) is 5. The minimum absolute atomic E-state index is 0. The van der Waals surface area contributed by atoms with E-state index in [4.69, 9.17) is 4.74 Å². The smallest absolute Gasteiger partial charge is 0.326 e. The van der Waals surface area contributed by atoms with E-state index in [9.17, 15) is 9.59 Å². The first-order valence-corrected chi connectivity index (χ1v) is 13.9. The molecule has 3 heterocycles. The maximum absolute atomic E-state index is 13.3. The lowest BCUT2D eigenvalue weighted by atomic mass is 9.76. The predicted octanol–water partition coefficient (Wildman–Crippen LogP) is 4.67. The predicted molar refractivity (Wildman–Crippen MR) is 166 cm³/mol. The maximum atomic E-state index is 13.3. The quantitative estimate of drug-likeness (QED) is 0.323. The number of nitrogens with zero attached hydrogens (tertiary/aromatic N) is 3. The van der Waals surface area contributed by atoms with Crippen molar-refractivity contribution in [3.8, 4) is 5.75 Å². The number of para-hydroxylation sites is 2. The highest BCUT2D eigenvalue weighted by atomic mass is 35.5. The summed E-state index contributed by atoms with van der Waals surface area (Å²) in [7, 11) is 1.70. The molecule has 6 rings (SSSR count). The van der Waals surface area contributed by atoms with E-state index in [-0.39, 0.29) is 54.4 Å². The zero-order valence-corrected chi connectivity index (χ0v) is 24.8. The van der Waals surface area contributed by atoms with Crippen LogP contribution in [0.25, 0.3) is 11.0 Å². The zero-order chi connectivity index (χ0) is 26.8. The van der Waals surface area contributed by atoms with Gasteiger partial charge in [-0.25, -0.2) is 4.79 Å². The molecule has 10 heteroatoms. The Bertz CT molecular complexity index is 1520. The van der Waals surface area contributed by atoms with E-state index in [2.05, 4.69) is 38.4 Å². The van der Waals surface area contributed by atoms with Gasteiger partial charge in [-0.15, -0.1) is 24.8 Å². The highest BCUT2D eigenvalue weighted by Gasteiger charge is 2.32. The molecule has 1 amide bonds. The summed E-state index contributed by atoms with van der Waals surface area (Å²) in [6, 6.07) is 18.4. The number of ether oxygens (including phenoxy) is 1. The van der Waals surface area contributed by atoms with Crippen LogP contribution in [-0.2, 0) is 17.6 Å². The fourth-order valence-electron chi connectivity index (χ4n) is 6.44. The van der Waals surface area contributed by atoms with Gasteiger partial charge in [0.15, 0.2) is 0 Å². The average Bonchev–Trinajstić information content (AvgIpc) is 3.30. The van der Waals surface area contributed by atoms with Crippen LogP contribution in [0.5, 0.6) is 5.75 Å². The largest absolute Gasteiger partial charge is 0.497 e. The van der Waals surface area contributed by atoms with Crippen LogP contribution in [0.2, 0.25) is 0 Å². The monoisotopic (exact) mass is 597 g/mol. The number of benzene rings is 2. The number of hydrogen-bond donors (Lipinski definition) is 2. The van der Waals surface area contributed by atoms with Crippen LogP contribution in [0.15, 0.2) is 71.8 Å². The molecule has 2 atom stereocenters. The number of fused-ring (bicyclic) bond motifs is 2. The number of imidazole rings is 1. The Morgan fingerprint density at radius 3 is 2.63 bits per heavy atom. The van der Waals surface area contributed by atoms with Crippen LogP contribution < -0.4 is 15.7 Å². The Morgan fingerprint density at radius 1 is 1.07 bits per heavy atom. The number of rotatable bonds is 7.